The van der Waals surface area contributed by atoms with E-state index in [-0.39, 0.29) is 6.04 Å². The summed E-state index contributed by atoms with van der Waals surface area (Å²) in [7, 11) is 1.71. The van der Waals surface area contributed by atoms with E-state index in [2.05, 4.69) is 36.4 Å². The average molecular weight is 277 g/mol. The second-order valence-electron chi connectivity index (χ2n) is 5.19. The van der Waals surface area contributed by atoms with Crippen molar-refractivity contribution in [3.8, 4) is 5.75 Å². The Labute approximate surface area is 125 Å². The van der Waals surface area contributed by atoms with Gasteiger partial charge in [-0.2, -0.15) is 0 Å². The summed E-state index contributed by atoms with van der Waals surface area (Å²) in [6, 6.07) is 22.7. The predicted octanol–water partition coefficient (Wildman–Crippen LogP) is 4.09. The first kappa shape index (κ1) is 13.7. The highest BCUT2D eigenvalue weighted by Gasteiger charge is 2.11. The lowest BCUT2D eigenvalue weighted by Crippen LogP contribution is -2.13. The normalized spacial score (nSPS) is 12.3. The van der Waals surface area contributed by atoms with Crippen LogP contribution in [0.15, 0.2) is 66.7 Å². The molecule has 0 aromatic heterocycles. The molecule has 0 fully saturated rings. The molecule has 0 heterocycles. The molecule has 0 amide bonds. The van der Waals surface area contributed by atoms with Crippen LogP contribution in [0.2, 0.25) is 0 Å². The molecule has 2 heteroatoms. The maximum absolute atomic E-state index is 6.36. The van der Waals surface area contributed by atoms with Gasteiger partial charge in [0.25, 0.3) is 0 Å². The second-order valence-corrected chi connectivity index (χ2v) is 5.19. The van der Waals surface area contributed by atoms with Gasteiger partial charge in [0.05, 0.1) is 7.11 Å². The van der Waals surface area contributed by atoms with Gasteiger partial charge in [-0.25, -0.2) is 0 Å². The minimum Gasteiger partial charge on any atom is -0.496 e. The molecule has 0 aliphatic rings. The highest BCUT2D eigenvalue weighted by Crippen LogP contribution is 2.30. The molecule has 0 saturated heterocycles. The van der Waals surface area contributed by atoms with Crippen LogP contribution in [0.25, 0.3) is 10.8 Å². The Hall–Kier alpha value is -2.32. The predicted molar refractivity (Wildman–Crippen MR) is 87.6 cm³/mol. The lowest BCUT2D eigenvalue weighted by atomic mass is 9.95. The number of nitrogens with two attached hydrogens (primary N) is 1. The van der Waals surface area contributed by atoms with E-state index in [4.69, 9.17) is 10.5 Å². The summed E-state index contributed by atoms with van der Waals surface area (Å²) in [6.45, 7) is 0. The molecular weight excluding hydrogens is 258 g/mol. The zero-order valence-electron chi connectivity index (χ0n) is 12.1. The van der Waals surface area contributed by atoms with E-state index in [1.54, 1.807) is 7.11 Å². The van der Waals surface area contributed by atoms with Crippen LogP contribution in [0.3, 0.4) is 0 Å². The van der Waals surface area contributed by atoms with Crippen LogP contribution in [0.4, 0.5) is 0 Å². The van der Waals surface area contributed by atoms with Crippen molar-refractivity contribution in [2.45, 2.75) is 12.5 Å². The van der Waals surface area contributed by atoms with Gasteiger partial charge in [-0.3, -0.25) is 0 Å². The fraction of sp³-hybridized carbons (Fsp3) is 0.158. The van der Waals surface area contributed by atoms with Gasteiger partial charge in [0.15, 0.2) is 0 Å². The van der Waals surface area contributed by atoms with Crippen molar-refractivity contribution in [3.63, 3.8) is 0 Å². The van der Waals surface area contributed by atoms with Gasteiger partial charge >= 0.3 is 0 Å². The molecular formula is C19H19NO. The van der Waals surface area contributed by atoms with Crippen molar-refractivity contribution in [1.29, 1.82) is 0 Å². The van der Waals surface area contributed by atoms with Crippen LogP contribution in [0.5, 0.6) is 5.75 Å². The van der Waals surface area contributed by atoms with Crippen LogP contribution in [0, 0.1) is 0 Å². The zero-order chi connectivity index (χ0) is 14.7. The first-order valence-electron chi connectivity index (χ1n) is 7.14. The van der Waals surface area contributed by atoms with E-state index in [1.807, 2.05) is 30.3 Å². The third-order valence-corrected chi connectivity index (χ3v) is 3.86. The highest BCUT2D eigenvalue weighted by atomic mass is 16.5. The van der Waals surface area contributed by atoms with Crippen molar-refractivity contribution >= 4 is 10.8 Å². The second kappa shape index (κ2) is 5.98. The topological polar surface area (TPSA) is 35.2 Å². The zero-order valence-corrected chi connectivity index (χ0v) is 12.1. The van der Waals surface area contributed by atoms with Crippen LogP contribution in [-0.4, -0.2) is 7.11 Å². The molecule has 106 valence electrons. The van der Waals surface area contributed by atoms with Gasteiger partial charge in [-0.1, -0.05) is 60.7 Å². The Morgan fingerprint density at radius 3 is 2.24 bits per heavy atom. The lowest BCUT2D eigenvalue weighted by Gasteiger charge is -2.15. The maximum Gasteiger partial charge on any atom is 0.126 e. The maximum atomic E-state index is 6.36. The molecule has 1 unspecified atom stereocenters. The minimum absolute atomic E-state index is 0.00278. The molecule has 21 heavy (non-hydrogen) atoms. The molecule has 0 spiro atoms. The number of fused-ring (bicyclic) bond motifs is 1. The molecule has 0 aliphatic heterocycles. The average Bonchev–Trinajstić information content (AvgIpc) is 2.56. The van der Waals surface area contributed by atoms with E-state index in [1.165, 1.54) is 10.9 Å². The number of hydrogen-bond donors (Lipinski definition) is 1. The van der Waals surface area contributed by atoms with Crippen LogP contribution >= 0.6 is 0 Å². The summed E-state index contributed by atoms with van der Waals surface area (Å²) >= 11 is 0. The van der Waals surface area contributed by atoms with Gasteiger partial charge in [0.1, 0.15) is 5.75 Å². The van der Waals surface area contributed by atoms with Gasteiger partial charge in [-0.05, 0) is 29.0 Å². The lowest BCUT2D eigenvalue weighted by molar-refractivity contribution is 0.419. The molecule has 2 nitrogen and oxygen atoms in total. The van der Waals surface area contributed by atoms with Gasteiger partial charge in [0.2, 0.25) is 0 Å². The van der Waals surface area contributed by atoms with Crippen molar-refractivity contribution in [1.82, 2.24) is 0 Å². The molecule has 3 rings (SSSR count). The van der Waals surface area contributed by atoms with E-state index >= 15 is 0 Å². The quantitative estimate of drug-likeness (QED) is 0.779. The Balaban J connectivity index is 1.98. The first-order chi connectivity index (χ1) is 10.3. The van der Waals surface area contributed by atoms with Crippen LogP contribution in [-0.2, 0) is 6.42 Å². The summed E-state index contributed by atoms with van der Waals surface area (Å²) in [5.74, 6) is 0.905. The Morgan fingerprint density at radius 2 is 1.52 bits per heavy atom. The SMILES string of the molecule is COc1ccc(CC(N)c2ccccc2)c2ccccc12. The van der Waals surface area contributed by atoms with Crippen LogP contribution < -0.4 is 10.5 Å². The van der Waals surface area contributed by atoms with Gasteiger partial charge in [0, 0.05) is 11.4 Å². The number of ether oxygens (including phenoxy) is 1. The first-order valence-corrected chi connectivity index (χ1v) is 7.14. The number of hydrogen-bond acceptors (Lipinski definition) is 2. The largest absolute Gasteiger partial charge is 0.496 e. The molecule has 3 aromatic carbocycles. The molecule has 1 atom stereocenters. The highest BCUT2D eigenvalue weighted by molar-refractivity contribution is 5.91. The van der Waals surface area contributed by atoms with Crippen LogP contribution in [0.1, 0.15) is 17.2 Å². The smallest absolute Gasteiger partial charge is 0.126 e. The summed E-state index contributed by atoms with van der Waals surface area (Å²) in [5.41, 5.74) is 8.77. The molecule has 2 N–H and O–H groups in total. The third-order valence-electron chi connectivity index (χ3n) is 3.86. The summed E-state index contributed by atoms with van der Waals surface area (Å²) in [6.07, 6.45) is 0.814. The standard InChI is InChI=1S/C19H19NO/c1-21-19-12-11-15(16-9-5-6-10-17(16)19)13-18(20)14-7-3-2-4-8-14/h2-12,18H,13,20H2,1H3. The van der Waals surface area contributed by atoms with E-state index in [9.17, 15) is 0 Å². The van der Waals surface area contributed by atoms with E-state index in [0.717, 1.165) is 23.1 Å². The Kier molecular flexibility index (Phi) is 3.89. The third kappa shape index (κ3) is 2.76. The van der Waals surface area contributed by atoms with Crippen molar-refractivity contribution in [2.75, 3.05) is 7.11 Å². The Bertz CT molecular complexity index is 737. The van der Waals surface area contributed by atoms with Gasteiger partial charge in [-0.15, -0.1) is 0 Å². The van der Waals surface area contributed by atoms with Crippen molar-refractivity contribution in [2.24, 2.45) is 5.73 Å². The van der Waals surface area contributed by atoms with Gasteiger partial charge < -0.3 is 10.5 Å². The summed E-state index contributed by atoms with van der Waals surface area (Å²) in [5, 5.41) is 2.35. The summed E-state index contributed by atoms with van der Waals surface area (Å²) < 4.78 is 5.44. The number of benzene rings is 3. The number of rotatable bonds is 4. The summed E-state index contributed by atoms with van der Waals surface area (Å²) in [4.78, 5) is 0. The Morgan fingerprint density at radius 1 is 0.857 bits per heavy atom. The fourth-order valence-corrected chi connectivity index (χ4v) is 2.74. The molecule has 0 radical (unpaired) electrons. The minimum atomic E-state index is 0.00278. The van der Waals surface area contributed by atoms with E-state index < -0.39 is 0 Å². The molecule has 0 bridgehead atoms. The van der Waals surface area contributed by atoms with Crippen molar-refractivity contribution in [3.05, 3.63) is 77.9 Å². The van der Waals surface area contributed by atoms with Crippen molar-refractivity contribution < 1.29 is 4.74 Å². The van der Waals surface area contributed by atoms with E-state index in [0.29, 0.717) is 0 Å². The molecule has 3 aromatic rings. The monoisotopic (exact) mass is 277 g/mol. The fourth-order valence-electron chi connectivity index (χ4n) is 2.74. The number of methoxy groups -OCH3 is 1. The molecule has 0 saturated carbocycles. The molecule has 0 aliphatic carbocycles.